The number of likely N-dealkylation sites (N-methyl/N-ethyl adjacent to an activating group) is 1. The van der Waals surface area contributed by atoms with Crippen LogP contribution in [0.4, 0.5) is 0 Å². The number of amides is 2. The first-order valence-electron chi connectivity index (χ1n) is 10.1. The van der Waals surface area contributed by atoms with Gasteiger partial charge in [0.05, 0.1) is 0 Å². The molecule has 0 saturated heterocycles. The van der Waals surface area contributed by atoms with Gasteiger partial charge in [0.1, 0.15) is 5.54 Å². The molecule has 1 atom stereocenters. The minimum absolute atomic E-state index is 0. The van der Waals surface area contributed by atoms with Crippen LogP contribution >= 0.6 is 12.4 Å². The van der Waals surface area contributed by atoms with E-state index in [0.717, 1.165) is 45.1 Å². The van der Waals surface area contributed by atoms with Crippen molar-refractivity contribution in [3.63, 3.8) is 0 Å². The first-order chi connectivity index (χ1) is 12.9. The van der Waals surface area contributed by atoms with Gasteiger partial charge in [-0.3, -0.25) is 9.59 Å². The summed E-state index contributed by atoms with van der Waals surface area (Å²) in [5.74, 6) is 0.854. The summed E-state index contributed by atoms with van der Waals surface area (Å²) in [7, 11) is 0. The van der Waals surface area contributed by atoms with Crippen molar-refractivity contribution in [3.8, 4) is 0 Å². The molecule has 0 radical (unpaired) electrons. The second kappa shape index (κ2) is 12.0. The fourth-order valence-electron chi connectivity index (χ4n) is 3.62. The molecule has 28 heavy (non-hydrogen) atoms. The van der Waals surface area contributed by atoms with Gasteiger partial charge in [-0.1, -0.05) is 37.8 Å². The fraction of sp³-hybridized carbons (Fsp3) is 0.789. The molecule has 0 unspecified atom stereocenters. The van der Waals surface area contributed by atoms with Gasteiger partial charge in [0.2, 0.25) is 17.7 Å². The van der Waals surface area contributed by atoms with Crippen molar-refractivity contribution in [1.29, 1.82) is 0 Å². The van der Waals surface area contributed by atoms with Crippen molar-refractivity contribution < 1.29 is 14.1 Å². The number of hydrogen-bond acceptors (Lipinski definition) is 6. The predicted molar refractivity (Wildman–Crippen MR) is 109 cm³/mol. The van der Waals surface area contributed by atoms with Crippen LogP contribution in [-0.4, -0.2) is 41.1 Å². The van der Waals surface area contributed by atoms with Crippen LogP contribution in [0.2, 0.25) is 0 Å². The first-order valence-corrected chi connectivity index (χ1v) is 10.1. The van der Waals surface area contributed by atoms with E-state index >= 15 is 0 Å². The van der Waals surface area contributed by atoms with E-state index in [4.69, 9.17) is 4.52 Å². The molecule has 1 aromatic rings. The molecule has 1 aliphatic rings. The Bertz CT molecular complexity index is 614. The third-order valence-electron chi connectivity index (χ3n) is 4.99. The number of rotatable bonds is 9. The molecule has 1 heterocycles. The standard InChI is InChI=1S/C19H33N5O3.ClH/c1-4-20-14(2)13-21-16(26)9-10-17-22-18(24-27-17)19(23-15(3)25)11-7-5-6-8-12-19;/h14,20H,4-13H2,1-3H3,(H,21,26)(H,23,25);1H/t14-;/m1./s1. The quantitative estimate of drug-likeness (QED) is 0.533. The third-order valence-corrected chi connectivity index (χ3v) is 4.99. The van der Waals surface area contributed by atoms with Crippen LogP contribution in [-0.2, 0) is 21.5 Å². The zero-order valence-electron chi connectivity index (χ0n) is 17.2. The van der Waals surface area contributed by atoms with Gasteiger partial charge in [-0.2, -0.15) is 4.98 Å². The fourth-order valence-corrected chi connectivity index (χ4v) is 3.62. The summed E-state index contributed by atoms with van der Waals surface area (Å²) in [5.41, 5.74) is -0.548. The largest absolute Gasteiger partial charge is 0.355 e. The maximum absolute atomic E-state index is 12.0. The SMILES string of the molecule is CCN[C@H](C)CNC(=O)CCc1nc(C2(NC(C)=O)CCCCCC2)no1.Cl. The molecule has 3 N–H and O–H groups in total. The van der Waals surface area contributed by atoms with Crippen molar-refractivity contribution in [2.24, 2.45) is 0 Å². The lowest BCUT2D eigenvalue weighted by Gasteiger charge is -2.30. The number of carbonyl (C=O) groups excluding carboxylic acids is 2. The molecular weight excluding hydrogens is 382 g/mol. The number of carbonyl (C=O) groups is 2. The summed E-state index contributed by atoms with van der Waals surface area (Å²) < 4.78 is 5.38. The number of hydrogen-bond donors (Lipinski definition) is 3. The normalized spacial score (nSPS) is 17.1. The molecule has 1 aliphatic carbocycles. The van der Waals surface area contributed by atoms with E-state index in [-0.39, 0.29) is 30.3 Å². The van der Waals surface area contributed by atoms with Crippen molar-refractivity contribution >= 4 is 24.2 Å². The van der Waals surface area contributed by atoms with Crippen LogP contribution in [0.5, 0.6) is 0 Å². The Kier molecular flexibility index (Phi) is 10.5. The van der Waals surface area contributed by atoms with E-state index in [0.29, 0.717) is 31.1 Å². The topological polar surface area (TPSA) is 109 Å². The molecule has 0 spiro atoms. The van der Waals surface area contributed by atoms with Crippen LogP contribution < -0.4 is 16.0 Å². The Morgan fingerprint density at radius 2 is 1.89 bits per heavy atom. The number of nitrogens with zero attached hydrogens (tertiary/aromatic N) is 2. The molecule has 0 bridgehead atoms. The number of halogens is 1. The summed E-state index contributed by atoms with van der Waals surface area (Å²) in [6.07, 6.45) is 6.67. The molecule has 1 saturated carbocycles. The van der Waals surface area contributed by atoms with Crippen LogP contribution in [0, 0.1) is 0 Å². The minimum atomic E-state index is -0.548. The maximum atomic E-state index is 12.0. The van der Waals surface area contributed by atoms with E-state index in [9.17, 15) is 9.59 Å². The van der Waals surface area contributed by atoms with Crippen molar-refractivity contribution in [3.05, 3.63) is 11.7 Å². The zero-order chi connectivity index (χ0) is 19.7. The van der Waals surface area contributed by atoms with Crippen molar-refractivity contribution in [1.82, 2.24) is 26.1 Å². The highest BCUT2D eigenvalue weighted by atomic mass is 35.5. The van der Waals surface area contributed by atoms with Gasteiger partial charge >= 0.3 is 0 Å². The van der Waals surface area contributed by atoms with Crippen LogP contribution in [0.25, 0.3) is 0 Å². The zero-order valence-corrected chi connectivity index (χ0v) is 18.0. The maximum Gasteiger partial charge on any atom is 0.227 e. The lowest BCUT2D eigenvalue weighted by molar-refractivity contribution is -0.122. The van der Waals surface area contributed by atoms with Gasteiger partial charge < -0.3 is 20.5 Å². The van der Waals surface area contributed by atoms with Gasteiger partial charge in [0, 0.05) is 32.4 Å². The van der Waals surface area contributed by atoms with E-state index < -0.39 is 5.54 Å². The van der Waals surface area contributed by atoms with E-state index in [1.165, 1.54) is 6.92 Å². The van der Waals surface area contributed by atoms with Crippen LogP contribution in [0.15, 0.2) is 4.52 Å². The molecule has 0 aromatic carbocycles. The molecule has 1 fully saturated rings. The van der Waals surface area contributed by atoms with Crippen LogP contribution in [0.1, 0.15) is 77.4 Å². The monoisotopic (exact) mass is 415 g/mol. The average molecular weight is 416 g/mol. The molecule has 1 aromatic heterocycles. The summed E-state index contributed by atoms with van der Waals surface area (Å²) in [4.78, 5) is 28.3. The van der Waals surface area contributed by atoms with Crippen LogP contribution in [0.3, 0.4) is 0 Å². The average Bonchev–Trinajstić information content (AvgIpc) is 2.98. The molecule has 9 heteroatoms. The van der Waals surface area contributed by atoms with Gasteiger partial charge in [-0.25, -0.2) is 0 Å². The second-order valence-electron chi connectivity index (χ2n) is 7.45. The number of aromatic nitrogens is 2. The highest BCUT2D eigenvalue weighted by Crippen LogP contribution is 2.34. The van der Waals surface area contributed by atoms with Gasteiger partial charge in [-0.15, -0.1) is 12.4 Å². The third kappa shape index (κ3) is 7.39. The van der Waals surface area contributed by atoms with E-state index in [1.807, 2.05) is 13.8 Å². The Labute approximate surface area is 173 Å². The molecule has 8 nitrogen and oxygen atoms in total. The number of aryl methyl sites for hydroxylation is 1. The Hall–Kier alpha value is -1.67. The molecule has 2 rings (SSSR count). The lowest BCUT2D eigenvalue weighted by atomic mass is 9.89. The molecule has 0 aliphatic heterocycles. The molecule has 2 amide bonds. The van der Waals surface area contributed by atoms with Gasteiger partial charge in [0.25, 0.3) is 0 Å². The highest BCUT2D eigenvalue weighted by molar-refractivity contribution is 5.85. The smallest absolute Gasteiger partial charge is 0.227 e. The van der Waals surface area contributed by atoms with Gasteiger partial charge in [-0.05, 0) is 26.3 Å². The highest BCUT2D eigenvalue weighted by Gasteiger charge is 2.38. The summed E-state index contributed by atoms with van der Waals surface area (Å²) in [6, 6.07) is 0.238. The molecular formula is C19H34ClN5O3. The van der Waals surface area contributed by atoms with Gasteiger partial charge in [0.15, 0.2) is 5.82 Å². The Balaban J connectivity index is 0.00000392. The number of nitrogens with one attached hydrogen (secondary N) is 3. The van der Waals surface area contributed by atoms with E-state index in [2.05, 4.69) is 26.1 Å². The summed E-state index contributed by atoms with van der Waals surface area (Å²) in [6.45, 7) is 7.05. The van der Waals surface area contributed by atoms with Crippen molar-refractivity contribution in [2.45, 2.75) is 83.7 Å². The second-order valence-corrected chi connectivity index (χ2v) is 7.45. The lowest BCUT2D eigenvalue weighted by Crippen LogP contribution is -2.45. The minimum Gasteiger partial charge on any atom is -0.355 e. The molecule has 160 valence electrons. The summed E-state index contributed by atoms with van der Waals surface area (Å²) >= 11 is 0. The Morgan fingerprint density at radius 3 is 2.50 bits per heavy atom. The summed E-state index contributed by atoms with van der Waals surface area (Å²) in [5, 5.41) is 13.4. The Morgan fingerprint density at radius 1 is 1.21 bits per heavy atom. The van der Waals surface area contributed by atoms with E-state index in [1.54, 1.807) is 0 Å². The first kappa shape index (κ1) is 24.4. The predicted octanol–water partition coefficient (Wildman–Crippen LogP) is 2.22. The van der Waals surface area contributed by atoms with Crippen molar-refractivity contribution in [2.75, 3.05) is 13.1 Å².